The lowest BCUT2D eigenvalue weighted by molar-refractivity contribution is 0.660. The molecule has 1 aliphatic carbocycles. The minimum Gasteiger partial charge on any atom is -0.456 e. The Morgan fingerprint density at radius 2 is 0.958 bits per heavy atom. The first kappa shape index (κ1) is 26.1. The minimum absolute atomic E-state index is 0.0671. The van der Waals surface area contributed by atoms with E-state index in [0.29, 0.717) is 0 Å². The maximum atomic E-state index is 6.35. The standard InChI is InChI=1S/C45H30N2O/c1-45(2)35-15-7-3-11-29(35)30-21-19-27(25-36(30)45)46-37-16-8-4-13-33(37)43-39(46)23-24-40-44(43)34-14-5-9-17-38(34)47(40)28-20-22-32-31-12-6-10-18-41(31)48-42(32)26-28/h3-26H,1-2H3. The monoisotopic (exact) mass is 614 g/mol. The molecule has 226 valence electrons. The van der Waals surface area contributed by atoms with Gasteiger partial charge in [-0.1, -0.05) is 98.8 Å². The van der Waals surface area contributed by atoms with Crippen LogP contribution in [-0.4, -0.2) is 9.13 Å². The van der Waals surface area contributed by atoms with Gasteiger partial charge in [0.15, 0.2) is 0 Å². The highest BCUT2D eigenvalue weighted by atomic mass is 16.3. The molecule has 0 saturated carbocycles. The van der Waals surface area contributed by atoms with Gasteiger partial charge in [0.25, 0.3) is 0 Å². The van der Waals surface area contributed by atoms with Gasteiger partial charge < -0.3 is 13.6 Å². The highest BCUT2D eigenvalue weighted by Gasteiger charge is 2.35. The Bertz CT molecular complexity index is 2980. The van der Waals surface area contributed by atoms with Gasteiger partial charge in [-0.15, -0.1) is 0 Å². The number of para-hydroxylation sites is 3. The molecule has 0 amide bonds. The van der Waals surface area contributed by atoms with Crippen LogP contribution in [0, 0.1) is 0 Å². The quantitative estimate of drug-likeness (QED) is 0.190. The maximum absolute atomic E-state index is 6.35. The molecule has 0 spiro atoms. The van der Waals surface area contributed by atoms with Crippen LogP contribution in [0.15, 0.2) is 150 Å². The zero-order chi connectivity index (χ0) is 31.7. The van der Waals surface area contributed by atoms with E-state index < -0.39 is 0 Å². The Hall–Kier alpha value is -6.06. The second-order valence-corrected chi connectivity index (χ2v) is 13.7. The molecule has 11 rings (SSSR count). The third-order valence-electron chi connectivity index (χ3n) is 10.9. The Labute approximate surface area is 276 Å². The number of rotatable bonds is 2. The summed E-state index contributed by atoms with van der Waals surface area (Å²) in [4.78, 5) is 0. The largest absolute Gasteiger partial charge is 0.456 e. The summed E-state index contributed by atoms with van der Waals surface area (Å²) >= 11 is 0. The van der Waals surface area contributed by atoms with Crippen molar-refractivity contribution in [3.63, 3.8) is 0 Å². The van der Waals surface area contributed by atoms with Crippen molar-refractivity contribution in [1.29, 1.82) is 0 Å². The minimum atomic E-state index is -0.0671. The molecule has 3 heteroatoms. The molecule has 0 aliphatic heterocycles. The van der Waals surface area contributed by atoms with Crippen LogP contribution < -0.4 is 0 Å². The lowest BCUT2D eigenvalue weighted by atomic mass is 9.82. The van der Waals surface area contributed by atoms with Crippen molar-refractivity contribution < 1.29 is 4.42 Å². The fraction of sp³-hybridized carbons (Fsp3) is 0.0667. The van der Waals surface area contributed by atoms with Crippen molar-refractivity contribution in [3.8, 4) is 22.5 Å². The lowest BCUT2D eigenvalue weighted by Gasteiger charge is -2.22. The van der Waals surface area contributed by atoms with Gasteiger partial charge in [-0.05, 0) is 76.9 Å². The predicted octanol–water partition coefficient (Wildman–Crippen LogP) is 12.1. The summed E-state index contributed by atoms with van der Waals surface area (Å²) in [5.41, 5.74) is 14.3. The van der Waals surface area contributed by atoms with E-state index in [2.05, 4.69) is 156 Å². The van der Waals surface area contributed by atoms with E-state index in [1.54, 1.807) is 0 Å². The first-order chi connectivity index (χ1) is 23.6. The summed E-state index contributed by atoms with van der Waals surface area (Å²) in [6.07, 6.45) is 0. The van der Waals surface area contributed by atoms with Gasteiger partial charge in [0.2, 0.25) is 0 Å². The van der Waals surface area contributed by atoms with E-state index in [9.17, 15) is 0 Å². The second-order valence-electron chi connectivity index (χ2n) is 13.7. The number of aromatic nitrogens is 2. The zero-order valence-electron chi connectivity index (χ0n) is 26.7. The number of hydrogen-bond acceptors (Lipinski definition) is 1. The summed E-state index contributed by atoms with van der Waals surface area (Å²) < 4.78 is 11.2. The van der Waals surface area contributed by atoms with Crippen molar-refractivity contribution in [3.05, 3.63) is 157 Å². The average molecular weight is 615 g/mol. The molecule has 10 aromatic rings. The number of furan rings is 1. The van der Waals surface area contributed by atoms with Crippen LogP contribution in [0.25, 0.3) is 88.1 Å². The van der Waals surface area contributed by atoms with E-state index >= 15 is 0 Å². The van der Waals surface area contributed by atoms with Crippen LogP contribution in [0.1, 0.15) is 25.0 Å². The normalized spacial score (nSPS) is 13.8. The maximum Gasteiger partial charge on any atom is 0.137 e. The Morgan fingerprint density at radius 1 is 0.417 bits per heavy atom. The van der Waals surface area contributed by atoms with Gasteiger partial charge in [-0.3, -0.25) is 0 Å². The predicted molar refractivity (Wildman–Crippen MR) is 200 cm³/mol. The molecule has 0 radical (unpaired) electrons. The number of benzene rings is 7. The molecule has 7 aromatic carbocycles. The first-order valence-corrected chi connectivity index (χ1v) is 16.7. The molecular weight excluding hydrogens is 585 g/mol. The molecule has 1 aliphatic rings. The van der Waals surface area contributed by atoms with Crippen LogP contribution in [0.2, 0.25) is 0 Å². The first-order valence-electron chi connectivity index (χ1n) is 16.7. The third kappa shape index (κ3) is 3.23. The third-order valence-corrected chi connectivity index (χ3v) is 10.9. The van der Waals surface area contributed by atoms with Crippen molar-refractivity contribution >= 4 is 65.6 Å². The molecule has 0 saturated heterocycles. The van der Waals surface area contributed by atoms with Crippen molar-refractivity contribution in [2.45, 2.75) is 19.3 Å². The smallest absolute Gasteiger partial charge is 0.137 e. The summed E-state index contributed by atoms with van der Waals surface area (Å²) in [5.74, 6) is 0. The second kappa shape index (κ2) is 9.05. The summed E-state index contributed by atoms with van der Waals surface area (Å²) in [7, 11) is 0. The van der Waals surface area contributed by atoms with Crippen LogP contribution in [0.3, 0.4) is 0 Å². The van der Waals surface area contributed by atoms with Gasteiger partial charge in [-0.25, -0.2) is 0 Å². The Morgan fingerprint density at radius 3 is 1.69 bits per heavy atom. The van der Waals surface area contributed by atoms with E-state index in [0.717, 1.165) is 27.6 Å². The van der Waals surface area contributed by atoms with Gasteiger partial charge in [0, 0.05) is 55.2 Å². The van der Waals surface area contributed by atoms with Crippen LogP contribution in [0.5, 0.6) is 0 Å². The van der Waals surface area contributed by atoms with Crippen LogP contribution >= 0.6 is 0 Å². The molecular formula is C45H30N2O. The van der Waals surface area contributed by atoms with E-state index in [4.69, 9.17) is 4.42 Å². The van der Waals surface area contributed by atoms with Crippen molar-refractivity contribution in [2.75, 3.05) is 0 Å². The van der Waals surface area contributed by atoms with Gasteiger partial charge >= 0.3 is 0 Å². The number of fused-ring (bicyclic) bond motifs is 13. The van der Waals surface area contributed by atoms with Crippen LogP contribution in [-0.2, 0) is 5.41 Å². The van der Waals surface area contributed by atoms with E-state index in [1.807, 2.05) is 12.1 Å². The van der Waals surface area contributed by atoms with Crippen molar-refractivity contribution in [2.24, 2.45) is 0 Å². The molecule has 3 nitrogen and oxygen atoms in total. The molecule has 3 aromatic heterocycles. The molecule has 0 fully saturated rings. The zero-order valence-corrected chi connectivity index (χ0v) is 26.7. The number of hydrogen-bond donors (Lipinski definition) is 0. The topological polar surface area (TPSA) is 23.0 Å². The molecule has 0 unspecified atom stereocenters. The molecule has 0 bridgehead atoms. The Balaban J connectivity index is 1.21. The molecule has 0 N–H and O–H groups in total. The average Bonchev–Trinajstić information content (AvgIpc) is 3.83. The number of nitrogens with zero attached hydrogens (tertiary/aromatic N) is 2. The SMILES string of the molecule is CC1(C)c2ccccc2-c2ccc(-n3c4ccccc4c4c5c6ccccc6n(-c6ccc7c(c6)oc6ccccc67)c5ccc43)cc21. The molecule has 0 atom stereocenters. The fourth-order valence-corrected chi connectivity index (χ4v) is 8.76. The van der Waals surface area contributed by atoms with Crippen LogP contribution in [0.4, 0.5) is 0 Å². The summed E-state index contributed by atoms with van der Waals surface area (Å²) in [6.45, 7) is 4.71. The molecule has 48 heavy (non-hydrogen) atoms. The van der Waals surface area contributed by atoms with E-state index in [1.165, 1.54) is 71.6 Å². The summed E-state index contributed by atoms with van der Waals surface area (Å²) in [5, 5.41) is 7.35. The highest BCUT2D eigenvalue weighted by molar-refractivity contribution is 6.29. The Kier molecular flexibility index (Phi) is 4.91. The van der Waals surface area contributed by atoms with Gasteiger partial charge in [0.1, 0.15) is 11.2 Å². The van der Waals surface area contributed by atoms with E-state index in [-0.39, 0.29) is 5.41 Å². The summed E-state index contributed by atoms with van der Waals surface area (Å²) in [6, 6.07) is 53.2. The van der Waals surface area contributed by atoms with Gasteiger partial charge in [0.05, 0.1) is 22.1 Å². The molecule has 3 heterocycles. The lowest BCUT2D eigenvalue weighted by Crippen LogP contribution is -2.15. The van der Waals surface area contributed by atoms with Crippen molar-refractivity contribution in [1.82, 2.24) is 9.13 Å². The highest BCUT2D eigenvalue weighted by Crippen LogP contribution is 2.50. The van der Waals surface area contributed by atoms with Gasteiger partial charge in [-0.2, -0.15) is 0 Å². The fourth-order valence-electron chi connectivity index (χ4n) is 8.76.